The number of hydrogen-bond donors (Lipinski definition) is 0. The average molecular weight is 253 g/mol. The first-order valence-corrected chi connectivity index (χ1v) is 5.48. The molecule has 0 radical (unpaired) electrons. The molecule has 0 aromatic heterocycles. The predicted molar refractivity (Wildman–Crippen MR) is 65.6 cm³/mol. The maximum atomic E-state index is 11.0. The lowest BCUT2D eigenvalue weighted by Gasteiger charge is -2.14. The van der Waals surface area contributed by atoms with Gasteiger partial charge in [-0.1, -0.05) is 13.3 Å². The molecule has 0 bridgehead atoms. The molecule has 0 unspecified atom stereocenters. The normalized spacial score (nSPS) is 9.94. The zero-order chi connectivity index (χ0) is 13.7. The van der Waals surface area contributed by atoms with E-state index in [1.165, 1.54) is 20.3 Å². The van der Waals surface area contributed by atoms with Gasteiger partial charge in [0.25, 0.3) is 0 Å². The molecule has 0 aliphatic heterocycles. The number of nitro groups is 1. The molecule has 0 fully saturated rings. The maximum Gasteiger partial charge on any atom is 0.315 e. The van der Waals surface area contributed by atoms with Crippen LogP contribution in [0.2, 0.25) is 0 Å². The van der Waals surface area contributed by atoms with Crippen molar-refractivity contribution in [3.05, 3.63) is 27.3 Å². The van der Waals surface area contributed by atoms with Crippen molar-refractivity contribution in [3.63, 3.8) is 0 Å². The molecule has 1 rings (SSSR count). The van der Waals surface area contributed by atoms with E-state index in [4.69, 9.17) is 9.47 Å². The SMILES string of the molecule is CCCc1c(C=O)cc([N+](=O)[O-])c(OC)c1OC. The Morgan fingerprint density at radius 2 is 1.94 bits per heavy atom. The summed E-state index contributed by atoms with van der Waals surface area (Å²) in [4.78, 5) is 21.4. The number of rotatable bonds is 6. The van der Waals surface area contributed by atoms with E-state index in [0.29, 0.717) is 18.3 Å². The Hall–Kier alpha value is -2.11. The molecule has 6 nitrogen and oxygen atoms in total. The number of methoxy groups -OCH3 is 2. The van der Waals surface area contributed by atoms with Crippen LogP contribution >= 0.6 is 0 Å². The molecule has 18 heavy (non-hydrogen) atoms. The molecule has 0 aliphatic carbocycles. The average Bonchev–Trinajstić information content (AvgIpc) is 2.37. The van der Waals surface area contributed by atoms with Crippen LogP contribution < -0.4 is 9.47 Å². The van der Waals surface area contributed by atoms with E-state index in [1.54, 1.807) is 0 Å². The fraction of sp³-hybridized carbons (Fsp3) is 0.417. The molecule has 0 saturated heterocycles. The first kappa shape index (κ1) is 14.0. The van der Waals surface area contributed by atoms with E-state index < -0.39 is 4.92 Å². The first-order chi connectivity index (χ1) is 8.60. The summed E-state index contributed by atoms with van der Waals surface area (Å²) < 4.78 is 10.2. The summed E-state index contributed by atoms with van der Waals surface area (Å²) in [6.07, 6.45) is 1.98. The zero-order valence-electron chi connectivity index (χ0n) is 10.6. The molecule has 0 atom stereocenters. The summed E-state index contributed by atoms with van der Waals surface area (Å²) in [5.74, 6) is 0.312. The largest absolute Gasteiger partial charge is 0.492 e. The van der Waals surface area contributed by atoms with Gasteiger partial charge in [0, 0.05) is 17.2 Å². The van der Waals surface area contributed by atoms with Gasteiger partial charge in [0.15, 0.2) is 12.0 Å². The molecular formula is C12H15NO5. The van der Waals surface area contributed by atoms with Crippen LogP contribution in [-0.4, -0.2) is 25.4 Å². The highest BCUT2D eigenvalue weighted by Gasteiger charge is 2.25. The number of hydrogen-bond acceptors (Lipinski definition) is 5. The van der Waals surface area contributed by atoms with Crippen LogP contribution in [0, 0.1) is 10.1 Å². The summed E-state index contributed by atoms with van der Waals surface area (Å²) in [6.45, 7) is 1.95. The number of benzene rings is 1. The van der Waals surface area contributed by atoms with Crippen LogP contribution in [0.4, 0.5) is 5.69 Å². The first-order valence-electron chi connectivity index (χ1n) is 5.48. The molecule has 1 aromatic rings. The minimum absolute atomic E-state index is 0.0524. The second kappa shape index (κ2) is 6.00. The van der Waals surface area contributed by atoms with Gasteiger partial charge in [-0.3, -0.25) is 14.9 Å². The number of aldehydes is 1. The standard InChI is InChI=1S/C12H15NO5/c1-4-5-9-8(7-14)6-10(13(15)16)12(18-3)11(9)17-2/h6-7H,4-5H2,1-3H3. The van der Waals surface area contributed by atoms with Crippen LogP contribution in [0.5, 0.6) is 11.5 Å². The van der Waals surface area contributed by atoms with Gasteiger partial charge in [0.1, 0.15) is 0 Å². The second-order valence-electron chi connectivity index (χ2n) is 3.65. The van der Waals surface area contributed by atoms with Crippen molar-refractivity contribution in [3.8, 4) is 11.5 Å². The van der Waals surface area contributed by atoms with Gasteiger partial charge >= 0.3 is 5.69 Å². The Kier molecular flexibility index (Phi) is 4.65. The summed E-state index contributed by atoms with van der Waals surface area (Å²) in [7, 11) is 2.73. The molecule has 0 N–H and O–H groups in total. The lowest BCUT2D eigenvalue weighted by molar-refractivity contribution is -0.385. The molecular weight excluding hydrogens is 238 g/mol. The van der Waals surface area contributed by atoms with Crippen molar-refractivity contribution in [2.45, 2.75) is 19.8 Å². The summed E-state index contributed by atoms with van der Waals surface area (Å²) in [5.41, 5.74) is 0.634. The third-order valence-corrected chi connectivity index (χ3v) is 2.59. The van der Waals surface area contributed by atoms with E-state index >= 15 is 0 Å². The quantitative estimate of drug-likeness (QED) is 0.442. The van der Waals surface area contributed by atoms with Gasteiger partial charge in [-0.15, -0.1) is 0 Å². The Bertz CT molecular complexity index is 470. The molecule has 0 heterocycles. The fourth-order valence-electron chi connectivity index (χ4n) is 1.85. The van der Waals surface area contributed by atoms with Gasteiger partial charge in [-0.25, -0.2) is 0 Å². The van der Waals surface area contributed by atoms with Crippen molar-refractivity contribution in [2.75, 3.05) is 14.2 Å². The van der Waals surface area contributed by atoms with Crippen LogP contribution in [0.3, 0.4) is 0 Å². The number of carbonyl (C=O) groups excluding carboxylic acids is 1. The highest BCUT2D eigenvalue weighted by molar-refractivity contribution is 5.83. The van der Waals surface area contributed by atoms with Crippen LogP contribution in [-0.2, 0) is 6.42 Å². The minimum Gasteiger partial charge on any atom is -0.492 e. The Labute approximate surface area is 105 Å². The molecule has 0 aliphatic rings. The van der Waals surface area contributed by atoms with E-state index in [9.17, 15) is 14.9 Å². The number of carbonyl (C=O) groups is 1. The van der Waals surface area contributed by atoms with Crippen molar-refractivity contribution >= 4 is 12.0 Å². The van der Waals surface area contributed by atoms with Gasteiger partial charge in [0.05, 0.1) is 19.1 Å². The summed E-state index contributed by atoms with van der Waals surface area (Å²) >= 11 is 0. The lowest BCUT2D eigenvalue weighted by Crippen LogP contribution is -2.04. The molecule has 98 valence electrons. The van der Waals surface area contributed by atoms with Crippen molar-refractivity contribution < 1.29 is 19.2 Å². The lowest BCUT2D eigenvalue weighted by atomic mass is 10.0. The van der Waals surface area contributed by atoms with E-state index in [2.05, 4.69) is 0 Å². The van der Waals surface area contributed by atoms with Crippen molar-refractivity contribution in [2.24, 2.45) is 0 Å². The Morgan fingerprint density at radius 1 is 1.33 bits per heavy atom. The van der Waals surface area contributed by atoms with Gasteiger partial charge in [-0.2, -0.15) is 0 Å². The summed E-state index contributed by atoms with van der Waals surface area (Å²) in [5, 5.41) is 10.9. The van der Waals surface area contributed by atoms with Crippen LogP contribution in [0.25, 0.3) is 0 Å². The highest BCUT2D eigenvalue weighted by atomic mass is 16.6. The number of nitro benzene ring substituents is 1. The zero-order valence-corrected chi connectivity index (χ0v) is 10.6. The smallest absolute Gasteiger partial charge is 0.315 e. The second-order valence-corrected chi connectivity index (χ2v) is 3.65. The predicted octanol–water partition coefficient (Wildman–Crippen LogP) is 2.38. The van der Waals surface area contributed by atoms with E-state index in [-0.39, 0.29) is 22.7 Å². The van der Waals surface area contributed by atoms with Gasteiger partial charge in [-0.05, 0) is 6.42 Å². The van der Waals surface area contributed by atoms with Crippen molar-refractivity contribution in [1.29, 1.82) is 0 Å². The van der Waals surface area contributed by atoms with Gasteiger partial charge in [0.2, 0.25) is 5.75 Å². The van der Waals surface area contributed by atoms with Crippen LogP contribution in [0.15, 0.2) is 6.07 Å². The minimum atomic E-state index is -0.593. The molecule has 1 aromatic carbocycles. The maximum absolute atomic E-state index is 11.0. The Balaban J connectivity index is 3.61. The van der Waals surface area contributed by atoms with E-state index in [1.807, 2.05) is 6.92 Å². The molecule has 6 heteroatoms. The third-order valence-electron chi connectivity index (χ3n) is 2.59. The molecule has 0 saturated carbocycles. The topological polar surface area (TPSA) is 78.7 Å². The van der Waals surface area contributed by atoms with Crippen molar-refractivity contribution in [1.82, 2.24) is 0 Å². The summed E-state index contributed by atoms with van der Waals surface area (Å²) in [6, 6.07) is 1.22. The third kappa shape index (κ3) is 2.42. The fourth-order valence-corrected chi connectivity index (χ4v) is 1.85. The van der Waals surface area contributed by atoms with Crippen LogP contribution in [0.1, 0.15) is 29.3 Å². The highest BCUT2D eigenvalue weighted by Crippen LogP contribution is 2.41. The number of nitrogens with zero attached hydrogens (tertiary/aromatic N) is 1. The Morgan fingerprint density at radius 3 is 2.33 bits per heavy atom. The number of ether oxygens (including phenoxy) is 2. The monoisotopic (exact) mass is 253 g/mol. The van der Waals surface area contributed by atoms with E-state index in [0.717, 1.165) is 6.42 Å². The molecule has 0 amide bonds. The molecule has 0 spiro atoms. The van der Waals surface area contributed by atoms with Gasteiger partial charge < -0.3 is 9.47 Å².